The molecule has 2 atom stereocenters. The van der Waals surface area contributed by atoms with Crippen molar-refractivity contribution in [1.29, 1.82) is 0 Å². The summed E-state index contributed by atoms with van der Waals surface area (Å²) in [5, 5.41) is 3.23. The van der Waals surface area contributed by atoms with Crippen LogP contribution in [-0.2, 0) is 9.53 Å². The minimum Gasteiger partial charge on any atom is -0.381 e. The van der Waals surface area contributed by atoms with Gasteiger partial charge in [0.1, 0.15) is 6.33 Å². The van der Waals surface area contributed by atoms with Gasteiger partial charge in [-0.05, 0) is 31.4 Å². The zero-order valence-corrected chi connectivity index (χ0v) is 14.8. The summed E-state index contributed by atoms with van der Waals surface area (Å²) in [5.74, 6) is 1.31. The van der Waals surface area contributed by atoms with Crippen LogP contribution in [0.5, 0.6) is 0 Å². The number of fused-ring (bicyclic) bond motifs is 2. The lowest BCUT2D eigenvalue weighted by molar-refractivity contribution is -0.108. The number of para-hydroxylation sites is 2. The molecule has 0 saturated carbocycles. The Bertz CT molecular complexity index is 979. The molecule has 3 aromatic rings. The quantitative estimate of drug-likeness (QED) is 0.713. The number of benzene rings is 1. The van der Waals surface area contributed by atoms with E-state index in [1.165, 1.54) is 0 Å². The summed E-state index contributed by atoms with van der Waals surface area (Å²) < 4.78 is 7.46. The lowest BCUT2D eigenvalue weighted by Gasteiger charge is -2.30. The Labute approximate surface area is 156 Å². The number of aromatic nitrogens is 4. The molecular weight excluding hydrogens is 344 g/mol. The standard InChI is InChI=1S/C19H20N6O2/c26-11-17-22-15-10-20-19(24-12-21-14-5-1-2-6-16(14)24)23-18(15)25(17)13-4-3-8-27-9-7-13/h1-2,5-6,10-13,17,22H,3-4,7-9H2. The average molecular weight is 364 g/mol. The topological polar surface area (TPSA) is 85.2 Å². The second-order valence-corrected chi connectivity index (χ2v) is 6.84. The first kappa shape index (κ1) is 16.2. The zero-order valence-electron chi connectivity index (χ0n) is 14.8. The molecule has 0 radical (unpaired) electrons. The molecule has 2 unspecified atom stereocenters. The van der Waals surface area contributed by atoms with Crippen LogP contribution in [0.4, 0.5) is 11.5 Å². The van der Waals surface area contributed by atoms with Crippen LogP contribution in [-0.4, -0.2) is 51.2 Å². The third kappa shape index (κ3) is 2.73. The summed E-state index contributed by atoms with van der Waals surface area (Å²) in [6.07, 6.45) is 6.81. The van der Waals surface area contributed by atoms with Gasteiger partial charge < -0.3 is 15.0 Å². The van der Waals surface area contributed by atoms with E-state index in [9.17, 15) is 4.79 Å². The highest BCUT2D eigenvalue weighted by Crippen LogP contribution is 2.36. The molecule has 1 aromatic carbocycles. The van der Waals surface area contributed by atoms with Crippen molar-refractivity contribution in [3.63, 3.8) is 0 Å². The third-order valence-electron chi connectivity index (χ3n) is 5.22. The molecular formula is C19H20N6O2. The Morgan fingerprint density at radius 1 is 1.19 bits per heavy atom. The molecule has 8 nitrogen and oxygen atoms in total. The molecule has 1 N–H and O–H groups in total. The van der Waals surface area contributed by atoms with Gasteiger partial charge in [-0.1, -0.05) is 12.1 Å². The number of aldehydes is 1. The van der Waals surface area contributed by atoms with Gasteiger partial charge in [-0.2, -0.15) is 4.98 Å². The Balaban J connectivity index is 1.57. The van der Waals surface area contributed by atoms with Crippen molar-refractivity contribution in [2.24, 2.45) is 0 Å². The predicted molar refractivity (Wildman–Crippen MR) is 101 cm³/mol. The second kappa shape index (κ2) is 6.62. The molecule has 2 aliphatic rings. The van der Waals surface area contributed by atoms with Crippen molar-refractivity contribution in [2.75, 3.05) is 23.4 Å². The molecule has 27 heavy (non-hydrogen) atoms. The lowest BCUT2D eigenvalue weighted by Crippen LogP contribution is -2.45. The third-order valence-corrected chi connectivity index (χ3v) is 5.22. The normalized spacial score (nSPS) is 22.3. The molecule has 8 heteroatoms. The summed E-state index contributed by atoms with van der Waals surface area (Å²) in [5.41, 5.74) is 2.62. The van der Waals surface area contributed by atoms with E-state index in [2.05, 4.69) is 20.2 Å². The molecule has 4 heterocycles. The fraction of sp³-hybridized carbons (Fsp3) is 0.368. The van der Waals surface area contributed by atoms with Crippen LogP contribution in [0.15, 0.2) is 36.8 Å². The number of hydrogen-bond acceptors (Lipinski definition) is 7. The second-order valence-electron chi connectivity index (χ2n) is 6.84. The van der Waals surface area contributed by atoms with Crippen LogP contribution in [0.2, 0.25) is 0 Å². The highest BCUT2D eigenvalue weighted by atomic mass is 16.5. The van der Waals surface area contributed by atoms with Crippen LogP contribution in [0, 0.1) is 0 Å². The number of imidazole rings is 1. The van der Waals surface area contributed by atoms with E-state index in [4.69, 9.17) is 9.72 Å². The molecule has 2 aromatic heterocycles. The minimum atomic E-state index is -0.424. The highest BCUT2D eigenvalue weighted by molar-refractivity contribution is 5.83. The van der Waals surface area contributed by atoms with E-state index in [0.29, 0.717) is 12.6 Å². The zero-order chi connectivity index (χ0) is 18.2. The summed E-state index contributed by atoms with van der Waals surface area (Å²) in [7, 11) is 0. The molecule has 5 rings (SSSR count). The average Bonchev–Trinajstić information content (AvgIpc) is 3.19. The number of nitrogens with zero attached hydrogens (tertiary/aromatic N) is 5. The van der Waals surface area contributed by atoms with Crippen molar-refractivity contribution in [2.45, 2.75) is 31.5 Å². The van der Waals surface area contributed by atoms with Crippen molar-refractivity contribution in [3.05, 3.63) is 36.8 Å². The van der Waals surface area contributed by atoms with Gasteiger partial charge in [0.25, 0.3) is 0 Å². The van der Waals surface area contributed by atoms with Crippen LogP contribution < -0.4 is 10.2 Å². The molecule has 1 saturated heterocycles. The first-order valence-corrected chi connectivity index (χ1v) is 9.22. The Morgan fingerprint density at radius 2 is 2.11 bits per heavy atom. The maximum atomic E-state index is 11.7. The van der Waals surface area contributed by atoms with Crippen molar-refractivity contribution in [1.82, 2.24) is 19.5 Å². The lowest BCUT2D eigenvalue weighted by atomic mass is 10.1. The number of nitrogens with one attached hydrogen (secondary N) is 1. The number of carbonyl (C=O) groups excluding carboxylic acids is 1. The van der Waals surface area contributed by atoms with Crippen molar-refractivity contribution in [3.8, 4) is 5.95 Å². The maximum absolute atomic E-state index is 11.7. The van der Waals surface area contributed by atoms with Crippen molar-refractivity contribution < 1.29 is 9.53 Å². The number of anilines is 2. The predicted octanol–water partition coefficient (Wildman–Crippen LogP) is 2.14. The Kier molecular flexibility index (Phi) is 3.97. The smallest absolute Gasteiger partial charge is 0.237 e. The summed E-state index contributed by atoms with van der Waals surface area (Å²) in [6.45, 7) is 1.47. The van der Waals surface area contributed by atoms with Gasteiger partial charge >= 0.3 is 0 Å². The number of hydrogen-bond donors (Lipinski definition) is 1. The fourth-order valence-electron chi connectivity index (χ4n) is 3.92. The summed E-state index contributed by atoms with van der Waals surface area (Å²) in [4.78, 5) is 27.5. The van der Waals surface area contributed by atoms with Crippen LogP contribution in [0.25, 0.3) is 17.0 Å². The van der Waals surface area contributed by atoms with Gasteiger partial charge in [0.15, 0.2) is 18.3 Å². The Hall–Kier alpha value is -3.00. The van der Waals surface area contributed by atoms with Crippen LogP contribution in [0.1, 0.15) is 19.3 Å². The molecule has 0 bridgehead atoms. The van der Waals surface area contributed by atoms with Gasteiger partial charge in [0, 0.05) is 19.3 Å². The van der Waals surface area contributed by atoms with E-state index in [0.717, 1.165) is 54.7 Å². The SMILES string of the molecule is O=CC1Nc2cnc(-n3cnc4ccccc43)nc2N1C1CCCOCC1. The van der Waals surface area contributed by atoms with E-state index in [1.54, 1.807) is 12.5 Å². The molecule has 1 fully saturated rings. The summed E-state index contributed by atoms with van der Waals surface area (Å²) in [6, 6.07) is 8.08. The van der Waals surface area contributed by atoms with Gasteiger partial charge in [-0.25, -0.2) is 9.97 Å². The molecule has 2 aliphatic heterocycles. The van der Waals surface area contributed by atoms with Crippen LogP contribution in [0.3, 0.4) is 0 Å². The van der Waals surface area contributed by atoms with Gasteiger partial charge in [0.2, 0.25) is 5.95 Å². The molecule has 138 valence electrons. The van der Waals surface area contributed by atoms with E-state index < -0.39 is 6.17 Å². The summed E-state index contributed by atoms with van der Waals surface area (Å²) >= 11 is 0. The van der Waals surface area contributed by atoms with Gasteiger partial charge in [0.05, 0.1) is 22.9 Å². The minimum absolute atomic E-state index is 0.207. The van der Waals surface area contributed by atoms with E-state index in [-0.39, 0.29) is 6.04 Å². The maximum Gasteiger partial charge on any atom is 0.237 e. The van der Waals surface area contributed by atoms with Crippen LogP contribution >= 0.6 is 0 Å². The van der Waals surface area contributed by atoms with Gasteiger partial charge in [-0.15, -0.1) is 0 Å². The molecule has 0 amide bonds. The Morgan fingerprint density at radius 3 is 3.04 bits per heavy atom. The van der Waals surface area contributed by atoms with Crippen molar-refractivity contribution >= 4 is 28.8 Å². The van der Waals surface area contributed by atoms with E-state index in [1.807, 2.05) is 28.8 Å². The number of ether oxygens (including phenoxy) is 1. The fourth-order valence-corrected chi connectivity index (χ4v) is 3.92. The van der Waals surface area contributed by atoms with E-state index >= 15 is 0 Å². The number of rotatable bonds is 3. The highest BCUT2D eigenvalue weighted by Gasteiger charge is 2.36. The first-order chi connectivity index (χ1) is 13.3. The van der Waals surface area contributed by atoms with Gasteiger partial charge in [-0.3, -0.25) is 9.36 Å². The molecule has 0 aliphatic carbocycles. The first-order valence-electron chi connectivity index (χ1n) is 9.22. The largest absolute Gasteiger partial charge is 0.381 e. The molecule has 0 spiro atoms. The number of carbonyl (C=O) groups is 1. The monoisotopic (exact) mass is 364 g/mol.